The van der Waals surface area contributed by atoms with E-state index < -0.39 is 10.0 Å². The van der Waals surface area contributed by atoms with Gasteiger partial charge in [0.25, 0.3) is 5.91 Å². The summed E-state index contributed by atoms with van der Waals surface area (Å²) in [7, 11) is -1.66. The fraction of sp³-hybridized carbons (Fsp3) is 0.650. The molecule has 0 atom stereocenters. The highest BCUT2D eigenvalue weighted by Crippen LogP contribution is 2.24. The lowest BCUT2D eigenvalue weighted by molar-refractivity contribution is 0.0951. The van der Waals surface area contributed by atoms with Crippen LogP contribution in [-0.4, -0.2) is 87.8 Å². The van der Waals surface area contributed by atoms with Gasteiger partial charge in [-0.2, -0.15) is 4.31 Å². The minimum absolute atomic E-state index is 0.116. The second kappa shape index (κ2) is 10.2. The first-order chi connectivity index (χ1) is 13.9. The summed E-state index contributed by atoms with van der Waals surface area (Å²) in [6.45, 7) is 6.04. The maximum Gasteiger partial charge on any atom is 0.252 e. The van der Waals surface area contributed by atoms with Crippen LogP contribution >= 0.6 is 11.6 Å². The number of hydrogen-bond donors (Lipinski definition) is 1. The first-order valence-electron chi connectivity index (χ1n) is 10.4. The van der Waals surface area contributed by atoms with Crippen molar-refractivity contribution < 1.29 is 13.2 Å². The fourth-order valence-electron chi connectivity index (χ4n) is 3.80. The van der Waals surface area contributed by atoms with Gasteiger partial charge in [-0.3, -0.25) is 4.79 Å². The molecule has 2 aliphatic rings. The number of likely N-dealkylation sites (tertiary alicyclic amines) is 1. The van der Waals surface area contributed by atoms with Gasteiger partial charge < -0.3 is 15.1 Å². The molecular formula is C20H31ClN4O3S. The van der Waals surface area contributed by atoms with E-state index in [2.05, 4.69) is 15.1 Å². The second-order valence-electron chi connectivity index (χ2n) is 7.86. The molecule has 3 rings (SSSR count). The molecule has 1 aromatic carbocycles. The van der Waals surface area contributed by atoms with Gasteiger partial charge in [-0.05, 0) is 64.1 Å². The summed E-state index contributed by atoms with van der Waals surface area (Å²) in [5, 5.41) is 3.14. The largest absolute Gasteiger partial charge is 0.352 e. The number of piperidine rings is 1. The van der Waals surface area contributed by atoms with E-state index >= 15 is 0 Å². The van der Waals surface area contributed by atoms with Crippen LogP contribution in [0.4, 0.5) is 0 Å². The van der Waals surface area contributed by atoms with Gasteiger partial charge in [-0.25, -0.2) is 8.42 Å². The van der Waals surface area contributed by atoms with Crippen LogP contribution in [0.2, 0.25) is 5.02 Å². The third kappa shape index (κ3) is 5.92. The molecule has 9 heteroatoms. The van der Waals surface area contributed by atoms with Crippen LogP contribution in [0.5, 0.6) is 0 Å². The molecule has 2 heterocycles. The van der Waals surface area contributed by atoms with Crippen molar-refractivity contribution in [2.75, 3.05) is 59.4 Å². The van der Waals surface area contributed by atoms with Crippen LogP contribution in [0, 0.1) is 0 Å². The van der Waals surface area contributed by atoms with E-state index in [1.165, 1.54) is 41.8 Å². The molecule has 0 spiro atoms. The third-order valence-corrected chi connectivity index (χ3v) is 7.89. The first kappa shape index (κ1) is 22.5. The maximum absolute atomic E-state index is 12.9. The van der Waals surface area contributed by atoms with E-state index in [1.807, 2.05) is 7.05 Å². The monoisotopic (exact) mass is 442 g/mol. The molecule has 0 unspecified atom stereocenters. The van der Waals surface area contributed by atoms with Gasteiger partial charge in [0.1, 0.15) is 0 Å². The van der Waals surface area contributed by atoms with E-state index in [0.29, 0.717) is 32.7 Å². The Balaban J connectivity index is 1.59. The summed E-state index contributed by atoms with van der Waals surface area (Å²) >= 11 is 6.20. The number of rotatable bonds is 7. The van der Waals surface area contributed by atoms with Crippen molar-refractivity contribution in [3.05, 3.63) is 28.8 Å². The minimum Gasteiger partial charge on any atom is -0.352 e. The third-order valence-electron chi connectivity index (χ3n) is 5.67. The number of piperazine rings is 1. The number of halogens is 1. The quantitative estimate of drug-likeness (QED) is 0.653. The van der Waals surface area contributed by atoms with Crippen molar-refractivity contribution in [1.29, 1.82) is 0 Å². The number of carbonyl (C=O) groups excluding carboxylic acids is 1. The van der Waals surface area contributed by atoms with Crippen LogP contribution in [0.3, 0.4) is 0 Å². The predicted molar refractivity (Wildman–Crippen MR) is 115 cm³/mol. The Morgan fingerprint density at radius 1 is 1.07 bits per heavy atom. The first-order valence-corrected chi connectivity index (χ1v) is 12.2. The standard InChI is InChI=1S/C20H31ClN4O3S/c1-23-12-14-25(15-13-23)29(27,28)17-6-7-19(21)18(16-17)20(26)22-8-5-11-24-9-3-2-4-10-24/h6-7,16H,2-5,8-15H2,1H3,(H,22,26). The molecule has 7 nitrogen and oxygen atoms in total. The van der Waals surface area contributed by atoms with Gasteiger partial charge in [-0.1, -0.05) is 18.0 Å². The SMILES string of the molecule is CN1CCN(S(=O)(=O)c2ccc(Cl)c(C(=O)NCCCN3CCCCC3)c2)CC1. The summed E-state index contributed by atoms with van der Waals surface area (Å²) in [5.41, 5.74) is 0.208. The summed E-state index contributed by atoms with van der Waals surface area (Å²) in [4.78, 5) is 17.2. The number of carbonyl (C=O) groups is 1. The van der Waals surface area contributed by atoms with Crippen LogP contribution in [0.25, 0.3) is 0 Å². The Morgan fingerprint density at radius 3 is 2.45 bits per heavy atom. The number of likely N-dealkylation sites (N-methyl/N-ethyl adjacent to an activating group) is 1. The molecule has 1 aromatic rings. The predicted octanol–water partition coefficient (Wildman–Crippen LogP) is 1.88. The summed E-state index contributed by atoms with van der Waals surface area (Å²) in [5.74, 6) is -0.330. The lowest BCUT2D eigenvalue weighted by Crippen LogP contribution is -2.47. The molecule has 2 saturated heterocycles. The highest BCUT2D eigenvalue weighted by molar-refractivity contribution is 7.89. The van der Waals surface area contributed by atoms with E-state index in [1.54, 1.807) is 0 Å². The normalized spacial score (nSPS) is 19.9. The molecule has 0 saturated carbocycles. The summed E-state index contributed by atoms with van der Waals surface area (Å²) in [6, 6.07) is 4.37. The van der Waals surface area contributed by atoms with Gasteiger partial charge >= 0.3 is 0 Å². The lowest BCUT2D eigenvalue weighted by atomic mass is 10.1. The van der Waals surface area contributed by atoms with Crippen LogP contribution in [0.1, 0.15) is 36.0 Å². The Hall–Kier alpha value is -1.19. The molecular weight excluding hydrogens is 412 g/mol. The van der Waals surface area contributed by atoms with Crippen molar-refractivity contribution in [2.24, 2.45) is 0 Å². The van der Waals surface area contributed by atoms with E-state index in [-0.39, 0.29) is 21.4 Å². The molecule has 0 aromatic heterocycles. The molecule has 0 bridgehead atoms. The van der Waals surface area contributed by atoms with Crippen LogP contribution < -0.4 is 5.32 Å². The van der Waals surface area contributed by atoms with Crippen molar-refractivity contribution in [1.82, 2.24) is 19.4 Å². The van der Waals surface area contributed by atoms with Crippen LogP contribution in [-0.2, 0) is 10.0 Å². The van der Waals surface area contributed by atoms with Gasteiger partial charge in [0.15, 0.2) is 0 Å². The number of benzene rings is 1. The average molecular weight is 443 g/mol. The van der Waals surface area contributed by atoms with Gasteiger partial charge in [0.2, 0.25) is 10.0 Å². The minimum atomic E-state index is -3.64. The van der Waals surface area contributed by atoms with Crippen molar-refractivity contribution in [3.63, 3.8) is 0 Å². The van der Waals surface area contributed by atoms with Gasteiger partial charge in [-0.15, -0.1) is 0 Å². The number of sulfonamides is 1. The number of amides is 1. The zero-order valence-corrected chi connectivity index (χ0v) is 18.6. The van der Waals surface area contributed by atoms with Crippen LogP contribution in [0.15, 0.2) is 23.1 Å². The Bertz CT molecular complexity index is 804. The molecule has 2 aliphatic heterocycles. The molecule has 0 aliphatic carbocycles. The zero-order chi connectivity index (χ0) is 20.9. The molecule has 2 fully saturated rings. The average Bonchev–Trinajstić information content (AvgIpc) is 2.72. The molecule has 162 valence electrons. The van der Waals surface area contributed by atoms with E-state index in [0.717, 1.165) is 26.1 Å². The highest BCUT2D eigenvalue weighted by Gasteiger charge is 2.28. The molecule has 29 heavy (non-hydrogen) atoms. The van der Waals surface area contributed by atoms with Gasteiger partial charge in [0, 0.05) is 32.7 Å². The number of nitrogens with one attached hydrogen (secondary N) is 1. The second-order valence-corrected chi connectivity index (χ2v) is 10.2. The van der Waals surface area contributed by atoms with E-state index in [9.17, 15) is 13.2 Å². The topological polar surface area (TPSA) is 73.0 Å². The van der Waals surface area contributed by atoms with Gasteiger partial charge in [0.05, 0.1) is 15.5 Å². The molecule has 0 radical (unpaired) electrons. The Morgan fingerprint density at radius 2 is 1.76 bits per heavy atom. The molecule has 1 N–H and O–H groups in total. The summed E-state index contributed by atoms with van der Waals surface area (Å²) in [6.07, 6.45) is 4.66. The maximum atomic E-state index is 12.9. The fourth-order valence-corrected chi connectivity index (χ4v) is 5.45. The lowest BCUT2D eigenvalue weighted by Gasteiger charge is -2.31. The van der Waals surface area contributed by atoms with Crippen molar-refractivity contribution in [3.8, 4) is 0 Å². The summed E-state index contributed by atoms with van der Waals surface area (Å²) < 4.78 is 27.4. The smallest absolute Gasteiger partial charge is 0.252 e. The van der Waals surface area contributed by atoms with E-state index in [4.69, 9.17) is 11.6 Å². The molecule has 1 amide bonds. The zero-order valence-electron chi connectivity index (χ0n) is 17.1. The van der Waals surface area contributed by atoms with Crippen molar-refractivity contribution in [2.45, 2.75) is 30.6 Å². The Kier molecular flexibility index (Phi) is 7.92. The number of nitrogens with zero attached hydrogens (tertiary/aromatic N) is 3. The highest BCUT2D eigenvalue weighted by atomic mass is 35.5. The number of hydrogen-bond acceptors (Lipinski definition) is 5. The Labute approximate surface area is 179 Å². The van der Waals surface area contributed by atoms with Crippen molar-refractivity contribution >= 4 is 27.5 Å².